The van der Waals surface area contributed by atoms with Gasteiger partial charge in [0.1, 0.15) is 5.82 Å². The average molecular weight is 252 g/mol. The summed E-state index contributed by atoms with van der Waals surface area (Å²) in [4.78, 5) is 11.8. The van der Waals surface area contributed by atoms with Crippen LogP contribution in [0.3, 0.4) is 0 Å². The second-order valence-corrected chi connectivity index (χ2v) is 4.45. The number of halogens is 1. The minimum atomic E-state index is -0.318. The molecule has 0 aliphatic carbocycles. The second-order valence-electron chi connectivity index (χ2n) is 4.45. The molecule has 1 amide bonds. The number of hydrogen-bond acceptors (Lipinski definition) is 2. The summed E-state index contributed by atoms with van der Waals surface area (Å²) in [5, 5.41) is 2.88. The van der Waals surface area contributed by atoms with Crippen LogP contribution in [-0.4, -0.2) is 18.5 Å². The number of amides is 1. The molecule has 100 valence electrons. The zero-order valence-corrected chi connectivity index (χ0v) is 10.8. The van der Waals surface area contributed by atoms with Crippen LogP contribution in [0.5, 0.6) is 0 Å². The summed E-state index contributed by atoms with van der Waals surface area (Å²) in [5.74, 6) is -0.422. The number of carbonyl (C=O) groups is 1. The maximum absolute atomic E-state index is 13.0. The molecule has 0 aliphatic rings. The van der Waals surface area contributed by atoms with Crippen LogP contribution >= 0.6 is 0 Å². The van der Waals surface area contributed by atoms with Gasteiger partial charge in [0, 0.05) is 12.6 Å². The lowest BCUT2D eigenvalue weighted by Crippen LogP contribution is -2.40. The molecule has 0 heterocycles. The Hall–Kier alpha value is -1.42. The number of unbranched alkanes of at least 4 members (excludes halogenated alkanes) is 1. The molecule has 0 saturated heterocycles. The van der Waals surface area contributed by atoms with Gasteiger partial charge in [-0.1, -0.05) is 31.9 Å². The van der Waals surface area contributed by atoms with Gasteiger partial charge < -0.3 is 11.1 Å². The fourth-order valence-electron chi connectivity index (χ4n) is 1.81. The maximum Gasteiger partial charge on any atom is 0.224 e. The van der Waals surface area contributed by atoms with Gasteiger partial charge in [-0.25, -0.2) is 4.39 Å². The summed E-state index contributed by atoms with van der Waals surface area (Å²) >= 11 is 0. The quantitative estimate of drug-likeness (QED) is 0.780. The van der Waals surface area contributed by atoms with Gasteiger partial charge in [0.2, 0.25) is 5.91 Å². The van der Waals surface area contributed by atoms with Crippen LogP contribution in [0.1, 0.15) is 31.7 Å². The Labute approximate surface area is 108 Å². The standard InChI is InChI=1S/C14H21FN2O/c1-2-3-7-13(10-16)17-14(18)9-11-5-4-6-12(15)8-11/h4-6,8,13H,2-3,7,9-10,16H2,1H3,(H,17,18). The summed E-state index contributed by atoms with van der Waals surface area (Å²) < 4.78 is 13.0. The van der Waals surface area contributed by atoms with Gasteiger partial charge in [0.25, 0.3) is 0 Å². The molecule has 3 nitrogen and oxygen atoms in total. The Morgan fingerprint density at radius 1 is 1.50 bits per heavy atom. The van der Waals surface area contributed by atoms with E-state index >= 15 is 0 Å². The van der Waals surface area contributed by atoms with E-state index in [4.69, 9.17) is 5.73 Å². The van der Waals surface area contributed by atoms with E-state index < -0.39 is 0 Å². The highest BCUT2D eigenvalue weighted by Crippen LogP contribution is 2.05. The van der Waals surface area contributed by atoms with Gasteiger partial charge in [-0.15, -0.1) is 0 Å². The summed E-state index contributed by atoms with van der Waals surface area (Å²) in [6.07, 6.45) is 3.21. The second kappa shape index (κ2) is 7.82. The highest BCUT2D eigenvalue weighted by atomic mass is 19.1. The molecule has 0 saturated carbocycles. The monoisotopic (exact) mass is 252 g/mol. The Kier molecular flexibility index (Phi) is 6.36. The van der Waals surface area contributed by atoms with Crippen molar-refractivity contribution in [1.29, 1.82) is 0 Å². The first-order valence-electron chi connectivity index (χ1n) is 6.39. The fourth-order valence-corrected chi connectivity index (χ4v) is 1.81. The molecule has 3 N–H and O–H groups in total. The third kappa shape index (κ3) is 5.27. The Morgan fingerprint density at radius 3 is 2.89 bits per heavy atom. The molecule has 0 radical (unpaired) electrons. The molecular weight excluding hydrogens is 231 g/mol. The number of rotatable bonds is 7. The number of benzene rings is 1. The van der Waals surface area contributed by atoms with Gasteiger partial charge in [0.05, 0.1) is 6.42 Å². The summed E-state index contributed by atoms with van der Waals surface area (Å²) in [6, 6.07) is 6.11. The van der Waals surface area contributed by atoms with E-state index in [0.29, 0.717) is 12.1 Å². The minimum Gasteiger partial charge on any atom is -0.352 e. The first-order valence-corrected chi connectivity index (χ1v) is 6.39. The van der Waals surface area contributed by atoms with Crippen LogP contribution < -0.4 is 11.1 Å². The van der Waals surface area contributed by atoms with Gasteiger partial charge >= 0.3 is 0 Å². The largest absolute Gasteiger partial charge is 0.352 e. The smallest absolute Gasteiger partial charge is 0.224 e. The van der Waals surface area contributed by atoms with Crippen LogP contribution in [0.2, 0.25) is 0 Å². The van der Waals surface area contributed by atoms with E-state index in [-0.39, 0.29) is 24.2 Å². The normalized spacial score (nSPS) is 12.2. The highest BCUT2D eigenvalue weighted by Gasteiger charge is 2.10. The average Bonchev–Trinajstić information content (AvgIpc) is 2.34. The van der Waals surface area contributed by atoms with Gasteiger partial charge in [-0.05, 0) is 24.1 Å². The molecule has 4 heteroatoms. The van der Waals surface area contributed by atoms with Crippen molar-refractivity contribution in [1.82, 2.24) is 5.32 Å². The zero-order chi connectivity index (χ0) is 13.4. The van der Waals surface area contributed by atoms with Gasteiger partial charge in [-0.3, -0.25) is 4.79 Å². The lowest BCUT2D eigenvalue weighted by Gasteiger charge is -2.16. The Balaban J connectivity index is 2.45. The molecule has 0 fully saturated rings. The Bertz CT molecular complexity index is 382. The van der Waals surface area contributed by atoms with E-state index in [1.807, 2.05) is 0 Å². The number of hydrogen-bond donors (Lipinski definition) is 2. The van der Waals surface area contributed by atoms with Gasteiger partial charge in [-0.2, -0.15) is 0 Å². The van der Waals surface area contributed by atoms with Crippen molar-refractivity contribution in [2.24, 2.45) is 5.73 Å². The highest BCUT2D eigenvalue weighted by molar-refractivity contribution is 5.78. The topological polar surface area (TPSA) is 55.1 Å². The van der Waals surface area contributed by atoms with Crippen molar-refractivity contribution >= 4 is 5.91 Å². The molecule has 1 aromatic carbocycles. The number of nitrogens with one attached hydrogen (secondary N) is 1. The lowest BCUT2D eigenvalue weighted by molar-refractivity contribution is -0.121. The molecule has 0 spiro atoms. The lowest BCUT2D eigenvalue weighted by atomic mass is 10.1. The van der Waals surface area contributed by atoms with Crippen LogP contribution in [0, 0.1) is 5.82 Å². The van der Waals surface area contributed by atoms with Crippen LogP contribution in [0.25, 0.3) is 0 Å². The Morgan fingerprint density at radius 2 is 2.28 bits per heavy atom. The van der Waals surface area contributed by atoms with E-state index in [0.717, 1.165) is 19.3 Å². The molecule has 0 aromatic heterocycles. The van der Waals surface area contributed by atoms with Crippen molar-refractivity contribution < 1.29 is 9.18 Å². The van der Waals surface area contributed by atoms with Crippen LogP contribution in [-0.2, 0) is 11.2 Å². The van der Waals surface area contributed by atoms with E-state index in [9.17, 15) is 9.18 Å². The van der Waals surface area contributed by atoms with Gasteiger partial charge in [0.15, 0.2) is 0 Å². The zero-order valence-electron chi connectivity index (χ0n) is 10.8. The van der Waals surface area contributed by atoms with Crippen molar-refractivity contribution in [3.05, 3.63) is 35.6 Å². The van der Waals surface area contributed by atoms with Crippen LogP contribution in [0.15, 0.2) is 24.3 Å². The fraction of sp³-hybridized carbons (Fsp3) is 0.500. The van der Waals surface area contributed by atoms with E-state index in [1.165, 1.54) is 12.1 Å². The summed E-state index contributed by atoms with van der Waals surface area (Å²) in [5.41, 5.74) is 6.28. The predicted molar refractivity (Wildman–Crippen MR) is 70.6 cm³/mol. The molecule has 0 aliphatic heterocycles. The third-order valence-electron chi connectivity index (χ3n) is 2.81. The minimum absolute atomic E-state index is 0.0195. The number of carbonyl (C=O) groups excluding carboxylic acids is 1. The van der Waals surface area contributed by atoms with E-state index in [1.54, 1.807) is 12.1 Å². The summed E-state index contributed by atoms with van der Waals surface area (Å²) in [6.45, 7) is 2.54. The molecule has 1 aromatic rings. The molecule has 1 unspecified atom stereocenters. The molecular formula is C14H21FN2O. The SMILES string of the molecule is CCCCC(CN)NC(=O)Cc1cccc(F)c1. The third-order valence-corrected chi connectivity index (χ3v) is 2.81. The van der Waals surface area contributed by atoms with Crippen molar-refractivity contribution in [2.45, 2.75) is 38.6 Å². The first kappa shape index (κ1) is 14.6. The first-order chi connectivity index (χ1) is 8.65. The van der Waals surface area contributed by atoms with Crippen molar-refractivity contribution in [2.75, 3.05) is 6.54 Å². The number of nitrogens with two attached hydrogens (primary N) is 1. The van der Waals surface area contributed by atoms with Crippen molar-refractivity contribution in [3.8, 4) is 0 Å². The molecule has 18 heavy (non-hydrogen) atoms. The van der Waals surface area contributed by atoms with E-state index in [2.05, 4.69) is 12.2 Å². The summed E-state index contributed by atoms with van der Waals surface area (Å²) in [7, 11) is 0. The predicted octanol–water partition coefficient (Wildman–Crippen LogP) is 2.00. The maximum atomic E-state index is 13.0. The van der Waals surface area contributed by atoms with Crippen molar-refractivity contribution in [3.63, 3.8) is 0 Å². The van der Waals surface area contributed by atoms with Crippen LogP contribution in [0.4, 0.5) is 4.39 Å². The molecule has 0 bridgehead atoms. The molecule has 1 rings (SSSR count). The molecule has 1 atom stereocenters.